The number of fused-ring (bicyclic) bond motifs is 3. The fourth-order valence-corrected chi connectivity index (χ4v) is 5.31. The lowest BCUT2D eigenvalue weighted by molar-refractivity contribution is -0.0502. The molecule has 172 valence electrons. The molecular weight excluding hydrogens is 433 g/mol. The van der Waals surface area contributed by atoms with Gasteiger partial charge in [-0.25, -0.2) is 9.37 Å². The predicted octanol–water partition coefficient (Wildman–Crippen LogP) is 3.70. The van der Waals surface area contributed by atoms with Gasteiger partial charge in [0.05, 0.1) is 46.9 Å². The van der Waals surface area contributed by atoms with Crippen molar-refractivity contribution in [3.05, 3.63) is 72.4 Å². The van der Waals surface area contributed by atoms with E-state index < -0.39 is 5.82 Å². The molecule has 2 atom stereocenters. The Hall–Kier alpha value is -3.88. The highest BCUT2D eigenvalue weighted by atomic mass is 19.1. The van der Waals surface area contributed by atoms with Crippen LogP contribution < -0.4 is 5.32 Å². The Morgan fingerprint density at radius 3 is 2.68 bits per heavy atom. The molecule has 8 nitrogen and oxygen atoms in total. The first-order chi connectivity index (χ1) is 16.6. The van der Waals surface area contributed by atoms with Crippen molar-refractivity contribution in [2.24, 2.45) is 11.8 Å². The number of rotatable bonds is 5. The van der Waals surface area contributed by atoms with Crippen LogP contribution in [0.25, 0.3) is 16.7 Å². The van der Waals surface area contributed by atoms with E-state index in [0.29, 0.717) is 29.9 Å². The van der Waals surface area contributed by atoms with Crippen LogP contribution in [0.2, 0.25) is 0 Å². The van der Waals surface area contributed by atoms with Gasteiger partial charge in [-0.1, -0.05) is 19.1 Å². The van der Waals surface area contributed by atoms with Crippen LogP contribution >= 0.6 is 0 Å². The number of carbonyl (C=O) groups is 1. The Kier molecular flexibility index (Phi) is 4.97. The number of anilines is 1. The van der Waals surface area contributed by atoms with E-state index in [9.17, 15) is 9.18 Å². The maximum absolute atomic E-state index is 14.2. The normalized spacial score (nSPS) is 23.5. The van der Waals surface area contributed by atoms with Gasteiger partial charge in [-0.3, -0.25) is 9.78 Å². The molecule has 1 amide bonds. The first-order valence-corrected chi connectivity index (χ1v) is 11.5. The average molecular weight is 458 g/mol. The van der Waals surface area contributed by atoms with Crippen molar-refractivity contribution in [3.8, 4) is 5.69 Å². The van der Waals surface area contributed by atoms with E-state index in [0.717, 1.165) is 23.9 Å². The molecule has 4 heterocycles. The van der Waals surface area contributed by atoms with Crippen LogP contribution in [0.4, 0.5) is 10.2 Å². The Labute approximate surface area is 195 Å². The summed E-state index contributed by atoms with van der Waals surface area (Å²) >= 11 is 0. The molecule has 1 N–H and O–H groups in total. The summed E-state index contributed by atoms with van der Waals surface area (Å²) in [4.78, 5) is 26.3. The Bertz CT molecular complexity index is 1350. The molecule has 2 aromatic carbocycles. The molecule has 3 aliphatic rings. The molecule has 1 aliphatic carbocycles. The minimum absolute atomic E-state index is 0.0556. The number of nitrogens with one attached hydrogen (secondary N) is 1. The van der Waals surface area contributed by atoms with Gasteiger partial charge >= 0.3 is 0 Å². The second-order valence-electron chi connectivity index (χ2n) is 9.13. The van der Waals surface area contributed by atoms with Gasteiger partial charge in [-0.15, -0.1) is 0 Å². The second-order valence-corrected chi connectivity index (χ2v) is 9.13. The number of benzene rings is 2. The number of nitrogens with zero attached hydrogens (tertiary/aromatic N) is 6. The molecule has 9 heteroatoms. The number of para-hydroxylation sites is 2. The Balaban J connectivity index is 1.30. The van der Waals surface area contributed by atoms with Crippen molar-refractivity contribution in [2.75, 3.05) is 11.9 Å². The largest absolute Gasteiger partial charge is 0.367 e. The van der Waals surface area contributed by atoms with Crippen molar-refractivity contribution in [2.45, 2.75) is 31.8 Å². The predicted molar refractivity (Wildman–Crippen MR) is 125 cm³/mol. The van der Waals surface area contributed by atoms with Gasteiger partial charge in [0.25, 0.3) is 5.91 Å². The summed E-state index contributed by atoms with van der Waals surface area (Å²) in [7, 11) is 0. The van der Waals surface area contributed by atoms with Crippen LogP contribution in [0.1, 0.15) is 30.1 Å². The van der Waals surface area contributed by atoms with Gasteiger partial charge in [0.1, 0.15) is 11.6 Å². The van der Waals surface area contributed by atoms with Gasteiger partial charge in [-0.2, -0.15) is 15.0 Å². The number of piperidine rings is 2. The molecule has 0 unspecified atom stereocenters. The smallest absolute Gasteiger partial charge is 0.256 e. The van der Waals surface area contributed by atoms with Crippen molar-refractivity contribution >= 4 is 22.8 Å². The molecule has 4 aromatic rings. The first-order valence-electron chi connectivity index (χ1n) is 11.5. The molecule has 2 aromatic heterocycles. The average Bonchev–Trinajstić information content (AvgIpc) is 3.36. The van der Waals surface area contributed by atoms with E-state index in [1.807, 2.05) is 29.2 Å². The molecule has 3 fully saturated rings. The molecule has 0 spiro atoms. The molecular formula is C25H24FN7O. The number of hydrogen-bond acceptors (Lipinski definition) is 6. The number of halogens is 1. The van der Waals surface area contributed by atoms with Crippen LogP contribution in [0.15, 0.2) is 61.1 Å². The SMILES string of the molecule is C[C@@H]1C2CC(C2)N(C(=O)c2cc(F)ccc2-n2nccn2)[C@@H]1CNc1cnc2ccccc2n1. The topological polar surface area (TPSA) is 88.8 Å². The van der Waals surface area contributed by atoms with Gasteiger partial charge in [0.2, 0.25) is 0 Å². The zero-order valence-electron chi connectivity index (χ0n) is 18.7. The number of hydrogen-bond donors (Lipinski definition) is 1. The summed E-state index contributed by atoms with van der Waals surface area (Å²) in [5.74, 6) is 0.901. The van der Waals surface area contributed by atoms with Crippen molar-refractivity contribution in [3.63, 3.8) is 0 Å². The highest BCUT2D eigenvalue weighted by Crippen LogP contribution is 2.47. The molecule has 34 heavy (non-hydrogen) atoms. The van der Waals surface area contributed by atoms with Gasteiger partial charge in [0.15, 0.2) is 0 Å². The quantitative estimate of drug-likeness (QED) is 0.492. The zero-order valence-corrected chi connectivity index (χ0v) is 18.7. The van der Waals surface area contributed by atoms with Crippen molar-refractivity contribution < 1.29 is 9.18 Å². The summed E-state index contributed by atoms with van der Waals surface area (Å²) in [6.07, 6.45) is 6.74. The molecule has 2 bridgehead atoms. The maximum atomic E-state index is 14.2. The minimum Gasteiger partial charge on any atom is -0.367 e. The van der Waals surface area contributed by atoms with E-state index in [2.05, 4.69) is 32.4 Å². The zero-order chi connectivity index (χ0) is 23.2. The fourth-order valence-electron chi connectivity index (χ4n) is 5.31. The van der Waals surface area contributed by atoms with Gasteiger partial charge in [0, 0.05) is 12.6 Å². The summed E-state index contributed by atoms with van der Waals surface area (Å²) in [5.41, 5.74) is 2.39. The van der Waals surface area contributed by atoms with Gasteiger partial charge in [-0.05, 0) is 55.0 Å². The molecule has 2 saturated heterocycles. The third-order valence-corrected chi connectivity index (χ3v) is 7.25. The van der Waals surface area contributed by atoms with Crippen LogP contribution in [-0.4, -0.2) is 54.4 Å². The summed E-state index contributed by atoms with van der Waals surface area (Å²) < 4.78 is 14.2. The second kappa shape index (κ2) is 8.16. The number of carbonyl (C=O) groups excluding carboxylic acids is 1. The summed E-state index contributed by atoms with van der Waals surface area (Å²) in [6, 6.07) is 12.0. The minimum atomic E-state index is -0.461. The molecule has 0 radical (unpaired) electrons. The van der Waals surface area contributed by atoms with Crippen LogP contribution in [0.5, 0.6) is 0 Å². The first kappa shape index (κ1) is 20.7. The van der Waals surface area contributed by atoms with Crippen molar-refractivity contribution in [1.82, 2.24) is 29.9 Å². The lowest BCUT2D eigenvalue weighted by atomic mass is 9.64. The lowest BCUT2D eigenvalue weighted by Crippen LogP contribution is -2.64. The monoisotopic (exact) mass is 457 g/mol. The van der Waals surface area contributed by atoms with Crippen LogP contribution in [-0.2, 0) is 0 Å². The highest BCUT2D eigenvalue weighted by molar-refractivity contribution is 5.98. The lowest BCUT2D eigenvalue weighted by Gasteiger charge is -2.57. The third-order valence-electron chi connectivity index (χ3n) is 7.25. The Morgan fingerprint density at radius 1 is 1.12 bits per heavy atom. The fraction of sp³-hybridized carbons (Fsp3) is 0.320. The Morgan fingerprint density at radius 2 is 1.88 bits per heavy atom. The van der Waals surface area contributed by atoms with E-state index in [4.69, 9.17) is 0 Å². The van der Waals surface area contributed by atoms with E-state index in [1.54, 1.807) is 12.3 Å². The summed E-state index contributed by atoms with van der Waals surface area (Å²) in [5, 5.41) is 11.7. The molecule has 2 aliphatic heterocycles. The summed E-state index contributed by atoms with van der Waals surface area (Å²) in [6.45, 7) is 2.73. The molecule has 1 saturated carbocycles. The molecule has 7 rings (SSSR count). The van der Waals surface area contributed by atoms with Crippen LogP contribution in [0, 0.1) is 17.7 Å². The maximum Gasteiger partial charge on any atom is 0.256 e. The van der Waals surface area contributed by atoms with Gasteiger partial charge < -0.3 is 10.2 Å². The highest BCUT2D eigenvalue weighted by Gasteiger charge is 2.50. The van der Waals surface area contributed by atoms with Crippen LogP contribution in [0.3, 0.4) is 0 Å². The van der Waals surface area contributed by atoms with E-state index in [-0.39, 0.29) is 23.6 Å². The van der Waals surface area contributed by atoms with Crippen molar-refractivity contribution in [1.29, 1.82) is 0 Å². The number of aromatic nitrogens is 5. The van der Waals surface area contributed by atoms with E-state index in [1.165, 1.54) is 29.3 Å². The number of amides is 1. The third kappa shape index (κ3) is 3.48. The van der Waals surface area contributed by atoms with E-state index >= 15 is 0 Å². The standard InChI is InChI=1S/C25H24FN7O/c1-15-16-10-18(11-16)32(23(15)13-28-24-14-27-20-4-2-3-5-21(20)31-24)25(34)19-12-17(26)6-7-22(19)33-29-8-9-30-33/h2-9,12,14-16,18,23H,10-11,13H2,1H3,(H,28,31)/t15-,16?,18?,23-/m1/s1.